The van der Waals surface area contributed by atoms with Crippen molar-refractivity contribution in [3.8, 4) is 0 Å². The third kappa shape index (κ3) is 2.95. The Morgan fingerprint density at radius 3 is 2.56 bits per heavy atom. The summed E-state index contributed by atoms with van der Waals surface area (Å²) >= 11 is 0. The molecule has 1 aliphatic heterocycles. The van der Waals surface area contributed by atoms with Crippen LogP contribution in [0.4, 0.5) is 0 Å². The Bertz CT molecular complexity index is 399. The first-order valence-corrected chi connectivity index (χ1v) is 9.01. The molecule has 18 heavy (non-hydrogen) atoms. The zero-order valence-corrected chi connectivity index (χ0v) is 12.0. The van der Waals surface area contributed by atoms with Crippen LogP contribution in [-0.2, 0) is 14.6 Å². The maximum Gasteiger partial charge on any atom is 0.160 e. The lowest BCUT2D eigenvalue weighted by atomic mass is 9.77. The third-order valence-electron chi connectivity index (χ3n) is 4.66. The first-order chi connectivity index (χ1) is 8.54. The second-order valence-corrected chi connectivity index (χ2v) is 8.19. The van der Waals surface area contributed by atoms with Gasteiger partial charge in [-0.1, -0.05) is 32.6 Å². The predicted octanol–water partition coefficient (Wildman–Crippen LogP) is 2.74. The van der Waals surface area contributed by atoms with Crippen molar-refractivity contribution in [1.82, 2.24) is 0 Å². The van der Waals surface area contributed by atoms with E-state index in [2.05, 4.69) is 6.92 Å². The van der Waals surface area contributed by atoms with Gasteiger partial charge >= 0.3 is 0 Å². The van der Waals surface area contributed by atoms with Crippen molar-refractivity contribution in [3.05, 3.63) is 0 Å². The van der Waals surface area contributed by atoms with Gasteiger partial charge in [0.1, 0.15) is 5.25 Å². The van der Waals surface area contributed by atoms with Gasteiger partial charge in [0.05, 0.1) is 5.75 Å². The molecule has 0 aromatic rings. The first-order valence-electron chi connectivity index (χ1n) is 7.30. The summed E-state index contributed by atoms with van der Waals surface area (Å²) < 4.78 is 24.0. The van der Waals surface area contributed by atoms with Crippen LogP contribution in [0.3, 0.4) is 0 Å². The van der Waals surface area contributed by atoms with Gasteiger partial charge in [0.25, 0.3) is 0 Å². The topological polar surface area (TPSA) is 51.2 Å². The molecular weight excluding hydrogens is 248 g/mol. The minimum atomic E-state index is -3.15. The molecule has 0 radical (unpaired) electrons. The van der Waals surface area contributed by atoms with Crippen molar-refractivity contribution < 1.29 is 13.2 Å². The summed E-state index contributed by atoms with van der Waals surface area (Å²) in [5.74, 6) is 0.890. The van der Waals surface area contributed by atoms with Crippen LogP contribution >= 0.6 is 0 Å². The standard InChI is InChI=1S/C14H24O3S/c1-2-11-6-5-7-12(10-11)14(15)13-8-3-4-9-18(13,16)17/h11-13H,2-10H2,1H3. The zero-order valence-electron chi connectivity index (χ0n) is 11.2. The van der Waals surface area contributed by atoms with Crippen LogP contribution in [0.15, 0.2) is 0 Å². The summed E-state index contributed by atoms with van der Waals surface area (Å²) in [7, 11) is -3.15. The molecule has 0 N–H and O–H groups in total. The van der Waals surface area contributed by atoms with Gasteiger partial charge < -0.3 is 0 Å². The SMILES string of the molecule is CCC1CCCC(C(=O)C2CCCCS2(=O)=O)C1. The highest BCUT2D eigenvalue weighted by Gasteiger charge is 2.39. The average Bonchev–Trinajstić information content (AvgIpc) is 2.37. The van der Waals surface area contributed by atoms with Gasteiger partial charge in [0.2, 0.25) is 0 Å². The lowest BCUT2D eigenvalue weighted by Gasteiger charge is -2.31. The van der Waals surface area contributed by atoms with Crippen LogP contribution in [0.5, 0.6) is 0 Å². The van der Waals surface area contributed by atoms with Gasteiger partial charge in [-0.25, -0.2) is 8.42 Å². The van der Waals surface area contributed by atoms with Crippen LogP contribution in [0.2, 0.25) is 0 Å². The number of sulfone groups is 1. The molecule has 3 unspecified atom stereocenters. The van der Waals surface area contributed by atoms with Crippen molar-refractivity contribution in [2.75, 3.05) is 5.75 Å². The van der Waals surface area contributed by atoms with E-state index < -0.39 is 15.1 Å². The van der Waals surface area contributed by atoms with Crippen LogP contribution in [0.25, 0.3) is 0 Å². The molecule has 104 valence electrons. The van der Waals surface area contributed by atoms with Gasteiger partial charge in [-0.2, -0.15) is 0 Å². The Morgan fingerprint density at radius 1 is 1.11 bits per heavy atom. The fourth-order valence-corrected chi connectivity index (χ4v) is 5.42. The summed E-state index contributed by atoms with van der Waals surface area (Å²) in [6.45, 7) is 2.16. The molecule has 1 aliphatic carbocycles. The summed E-state index contributed by atoms with van der Waals surface area (Å²) in [6, 6.07) is 0. The zero-order chi connectivity index (χ0) is 13.2. The Hall–Kier alpha value is -0.380. The Morgan fingerprint density at radius 2 is 1.89 bits per heavy atom. The molecule has 4 heteroatoms. The van der Waals surface area contributed by atoms with E-state index >= 15 is 0 Å². The molecule has 1 saturated carbocycles. The van der Waals surface area contributed by atoms with Gasteiger partial charge in [-0.15, -0.1) is 0 Å². The molecule has 2 fully saturated rings. The van der Waals surface area contributed by atoms with Crippen LogP contribution < -0.4 is 0 Å². The molecule has 0 amide bonds. The van der Waals surface area contributed by atoms with E-state index in [4.69, 9.17) is 0 Å². The third-order valence-corrected chi connectivity index (χ3v) is 6.85. The number of carbonyl (C=O) groups is 1. The normalized spacial score (nSPS) is 36.2. The molecule has 1 heterocycles. The number of Topliss-reactive ketones (excluding diaryl/α,β-unsaturated/α-hetero) is 1. The highest BCUT2D eigenvalue weighted by atomic mass is 32.2. The van der Waals surface area contributed by atoms with Crippen LogP contribution in [-0.4, -0.2) is 25.2 Å². The van der Waals surface area contributed by atoms with Crippen LogP contribution in [0, 0.1) is 11.8 Å². The summed E-state index contributed by atoms with van der Waals surface area (Å²) in [6.07, 6.45) is 7.41. The smallest absolute Gasteiger partial charge is 0.160 e. The molecule has 2 rings (SSSR count). The monoisotopic (exact) mass is 272 g/mol. The number of hydrogen-bond acceptors (Lipinski definition) is 3. The number of carbonyl (C=O) groups excluding carboxylic acids is 1. The van der Waals surface area contributed by atoms with Crippen molar-refractivity contribution in [3.63, 3.8) is 0 Å². The van der Waals surface area contributed by atoms with Crippen molar-refractivity contribution in [2.24, 2.45) is 11.8 Å². The molecule has 0 bridgehead atoms. The summed E-state index contributed by atoms with van der Waals surface area (Å²) in [5, 5.41) is -0.674. The van der Waals surface area contributed by atoms with E-state index in [0.29, 0.717) is 12.3 Å². The predicted molar refractivity (Wildman–Crippen MR) is 72.2 cm³/mol. The fraction of sp³-hybridized carbons (Fsp3) is 0.929. The summed E-state index contributed by atoms with van der Waals surface area (Å²) in [4.78, 5) is 12.5. The van der Waals surface area contributed by atoms with Crippen molar-refractivity contribution in [2.45, 2.75) is 63.5 Å². The molecule has 3 nitrogen and oxygen atoms in total. The minimum Gasteiger partial charge on any atom is -0.298 e. The second kappa shape index (κ2) is 5.72. The quantitative estimate of drug-likeness (QED) is 0.793. The van der Waals surface area contributed by atoms with E-state index in [0.717, 1.165) is 38.5 Å². The molecule has 0 aromatic carbocycles. The highest BCUT2D eigenvalue weighted by molar-refractivity contribution is 7.92. The maximum absolute atomic E-state index is 12.5. The number of rotatable bonds is 3. The van der Waals surface area contributed by atoms with Gasteiger partial charge in [0, 0.05) is 5.92 Å². The molecule has 2 aliphatic rings. The molecule has 3 atom stereocenters. The lowest BCUT2D eigenvalue weighted by molar-refractivity contribution is -0.124. The highest BCUT2D eigenvalue weighted by Crippen LogP contribution is 2.34. The molecule has 1 saturated heterocycles. The first kappa shape index (κ1) is 14.0. The van der Waals surface area contributed by atoms with E-state index in [-0.39, 0.29) is 17.5 Å². The molecular formula is C14H24O3S. The number of ketones is 1. The van der Waals surface area contributed by atoms with Crippen molar-refractivity contribution >= 4 is 15.6 Å². The Balaban J connectivity index is 2.06. The van der Waals surface area contributed by atoms with E-state index in [1.807, 2.05) is 0 Å². The van der Waals surface area contributed by atoms with Gasteiger partial charge in [-0.05, 0) is 31.6 Å². The Labute approximate surface area is 110 Å². The molecule has 0 aromatic heterocycles. The van der Waals surface area contributed by atoms with Gasteiger partial charge in [-0.3, -0.25) is 4.79 Å². The lowest BCUT2D eigenvalue weighted by Crippen LogP contribution is -2.40. The van der Waals surface area contributed by atoms with Gasteiger partial charge in [0.15, 0.2) is 15.6 Å². The fourth-order valence-electron chi connectivity index (χ4n) is 3.46. The second-order valence-electron chi connectivity index (χ2n) is 5.89. The van der Waals surface area contributed by atoms with Crippen molar-refractivity contribution in [1.29, 1.82) is 0 Å². The minimum absolute atomic E-state index is 0.0153. The summed E-state index contributed by atoms with van der Waals surface area (Å²) in [5.41, 5.74) is 0. The van der Waals surface area contributed by atoms with E-state index in [1.165, 1.54) is 6.42 Å². The Kier molecular flexibility index (Phi) is 4.46. The average molecular weight is 272 g/mol. The largest absolute Gasteiger partial charge is 0.298 e. The van der Waals surface area contributed by atoms with E-state index in [9.17, 15) is 13.2 Å². The van der Waals surface area contributed by atoms with E-state index in [1.54, 1.807) is 0 Å². The maximum atomic E-state index is 12.5. The molecule has 0 spiro atoms. The van der Waals surface area contributed by atoms with Crippen LogP contribution in [0.1, 0.15) is 58.3 Å². The number of hydrogen-bond donors (Lipinski definition) is 0.